The highest BCUT2D eigenvalue weighted by atomic mass is 19.4. The van der Waals surface area contributed by atoms with Gasteiger partial charge in [-0.2, -0.15) is 13.2 Å². The van der Waals surface area contributed by atoms with E-state index >= 15 is 0 Å². The standard InChI is InChI=1S/C22H33F3N4O2/c1-26-21(27-10-3-12-30-16-20-4-2-13-31-20)28-19-9-11-29(15-19)14-17-5-7-18(8-6-17)22(23,24)25/h5-8,19-20H,2-4,9-16H2,1H3,(H2,26,27,28). The second kappa shape index (κ2) is 11.7. The largest absolute Gasteiger partial charge is 0.416 e. The average molecular weight is 443 g/mol. The number of benzene rings is 1. The minimum absolute atomic E-state index is 0.260. The Labute approximate surface area is 182 Å². The first-order valence-corrected chi connectivity index (χ1v) is 11.0. The van der Waals surface area contributed by atoms with E-state index < -0.39 is 11.7 Å². The topological polar surface area (TPSA) is 58.1 Å². The van der Waals surface area contributed by atoms with Gasteiger partial charge in [-0.25, -0.2) is 0 Å². The summed E-state index contributed by atoms with van der Waals surface area (Å²) < 4.78 is 49.3. The summed E-state index contributed by atoms with van der Waals surface area (Å²) in [5.74, 6) is 0.764. The van der Waals surface area contributed by atoms with E-state index in [1.165, 1.54) is 0 Å². The summed E-state index contributed by atoms with van der Waals surface area (Å²) in [4.78, 5) is 6.53. The van der Waals surface area contributed by atoms with Crippen molar-refractivity contribution in [2.24, 2.45) is 4.99 Å². The number of hydrogen-bond acceptors (Lipinski definition) is 4. The molecule has 2 unspecified atom stereocenters. The smallest absolute Gasteiger partial charge is 0.379 e. The highest BCUT2D eigenvalue weighted by molar-refractivity contribution is 5.79. The van der Waals surface area contributed by atoms with Crippen LogP contribution >= 0.6 is 0 Å². The molecule has 3 rings (SSSR count). The molecule has 0 aromatic heterocycles. The Bertz CT molecular complexity index is 691. The second-order valence-electron chi connectivity index (χ2n) is 8.12. The van der Waals surface area contributed by atoms with Crippen molar-refractivity contribution in [3.05, 3.63) is 35.4 Å². The Kier molecular flexibility index (Phi) is 8.98. The molecule has 2 heterocycles. The van der Waals surface area contributed by atoms with E-state index in [1.54, 1.807) is 19.2 Å². The lowest BCUT2D eigenvalue weighted by Crippen LogP contribution is -2.44. The molecule has 0 amide bonds. The molecule has 0 radical (unpaired) electrons. The zero-order valence-corrected chi connectivity index (χ0v) is 18.1. The molecule has 1 aromatic rings. The molecule has 174 valence electrons. The number of aliphatic imine (C=N–C) groups is 1. The maximum absolute atomic E-state index is 12.7. The van der Waals surface area contributed by atoms with Crippen molar-refractivity contribution in [2.75, 3.05) is 46.5 Å². The number of alkyl halides is 3. The first kappa shape index (κ1) is 23.8. The first-order valence-electron chi connectivity index (χ1n) is 11.0. The normalized spacial score (nSPS) is 22.8. The summed E-state index contributed by atoms with van der Waals surface area (Å²) in [6, 6.07) is 5.68. The Morgan fingerprint density at radius 1 is 1.26 bits per heavy atom. The van der Waals surface area contributed by atoms with Gasteiger partial charge >= 0.3 is 6.18 Å². The quantitative estimate of drug-likeness (QED) is 0.350. The van der Waals surface area contributed by atoms with Crippen LogP contribution in [0.5, 0.6) is 0 Å². The molecular formula is C22H33F3N4O2. The number of nitrogens with zero attached hydrogens (tertiary/aromatic N) is 2. The van der Waals surface area contributed by atoms with Crippen LogP contribution in [-0.2, 0) is 22.2 Å². The number of nitrogens with one attached hydrogen (secondary N) is 2. The van der Waals surface area contributed by atoms with Gasteiger partial charge in [-0.05, 0) is 43.4 Å². The molecule has 2 saturated heterocycles. The lowest BCUT2D eigenvalue weighted by atomic mass is 10.1. The van der Waals surface area contributed by atoms with Crippen molar-refractivity contribution in [1.29, 1.82) is 0 Å². The van der Waals surface area contributed by atoms with Crippen LogP contribution in [-0.4, -0.2) is 69.5 Å². The van der Waals surface area contributed by atoms with Crippen molar-refractivity contribution in [3.8, 4) is 0 Å². The van der Waals surface area contributed by atoms with Crippen LogP contribution in [0.1, 0.15) is 36.8 Å². The minimum atomic E-state index is -4.29. The monoisotopic (exact) mass is 442 g/mol. The molecule has 2 N–H and O–H groups in total. The summed E-state index contributed by atoms with van der Waals surface area (Å²) >= 11 is 0. The molecule has 0 spiro atoms. The van der Waals surface area contributed by atoms with Gasteiger partial charge in [0.1, 0.15) is 0 Å². The van der Waals surface area contributed by atoms with Gasteiger partial charge in [0, 0.05) is 52.5 Å². The van der Waals surface area contributed by atoms with Gasteiger partial charge in [-0.15, -0.1) is 0 Å². The van der Waals surface area contributed by atoms with Crippen LogP contribution in [0.25, 0.3) is 0 Å². The van der Waals surface area contributed by atoms with E-state index in [4.69, 9.17) is 9.47 Å². The highest BCUT2D eigenvalue weighted by Crippen LogP contribution is 2.29. The molecule has 31 heavy (non-hydrogen) atoms. The Morgan fingerprint density at radius 2 is 2.06 bits per heavy atom. The van der Waals surface area contributed by atoms with Gasteiger partial charge in [0.05, 0.1) is 18.3 Å². The molecule has 0 aliphatic carbocycles. The lowest BCUT2D eigenvalue weighted by molar-refractivity contribution is -0.137. The number of ether oxygens (including phenoxy) is 2. The first-order chi connectivity index (χ1) is 14.9. The predicted octanol–water partition coefficient (Wildman–Crippen LogP) is 3.03. The fraction of sp³-hybridized carbons (Fsp3) is 0.682. The summed E-state index contributed by atoms with van der Waals surface area (Å²) in [7, 11) is 1.75. The van der Waals surface area contributed by atoms with Crippen molar-refractivity contribution in [1.82, 2.24) is 15.5 Å². The average Bonchev–Trinajstić information content (AvgIpc) is 3.41. The van der Waals surface area contributed by atoms with Crippen molar-refractivity contribution >= 4 is 5.96 Å². The van der Waals surface area contributed by atoms with Crippen LogP contribution in [0.2, 0.25) is 0 Å². The number of guanidine groups is 1. The molecule has 0 bridgehead atoms. The van der Waals surface area contributed by atoms with Crippen LogP contribution < -0.4 is 10.6 Å². The van der Waals surface area contributed by atoms with Crippen LogP contribution in [0, 0.1) is 0 Å². The Balaban J connectivity index is 1.30. The Hall–Kier alpha value is -1.84. The number of rotatable bonds is 9. The summed E-state index contributed by atoms with van der Waals surface area (Å²) in [6.45, 7) is 5.34. The lowest BCUT2D eigenvalue weighted by Gasteiger charge is -2.19. The number of halogens is 3. The highest BCUT2D eigenvalue weighted by Gasteiger charge is 2.30. The third-order valence-corrected chi connectivity index (χ3v) is 5.61. The summed E-state index contributed by atoms with van der Waals surface area (Å²) in [5.41, 5.74) is 0.281. The molecule has 1 aromatic carbocycles. The van der Waals surface area contributed by atoms with E-state index in [0.717, 1.165) is 75.6 Å². The summed E-state index contributed by atoms with van der Waals surface area (Å²) in [5, 5.41) is 6.75. The molecule has 6 nitrogen and oxygen atoms in total. The molecule has 9 heteroatoms. The number of likely N-dealkylation sites (tertiary alicyclic amines) is 1. The maximum atomic E-state index is 12.7. The van der Waals surface area contributed by atoms with E-state index in [1.807, 2.05) is 0 Å². The Morgan fingerprint density at radius 3 is 2.74 bits per heavy atom. The van der Waals surface area contributed by atoms with Crippen molar-refractivity contribution in [2.45, 2.75) is 50.6 Å². The van der Waals surface area contributed by atoms with E-state index in [0.29, 0.717) is 19.8 Å². The summed E-state index contributed by atoms with van der Waals surface area (Å²) in [6.07, 6.45) is 0.0345. The van der Waals surface area contributed by atoms with Crippen LogP contribution in [0.3, 0.4) is 0 Å². The van der Waals surface area contributed by atoms with E-state index in [9.17, 15) is 13.2 Å². The van der Waals surface area contributed by atoms with Gasteiger partial charge in [0.15, 0.2) is 5.96 Å². The molecule has 0 saturated carbocycles. The fourth-order valence-electron chi connectivity index (χ4n) is 3.91. The van der Waals surface area contributed by atoms with E-state index in [-0.39, 0.29) is 12.1 Å². The maximum Gasteiger partial charge on any atom is 0.416 e. The van der Waals surface area contributed by atoms with Crippen molar-refractivity contribution in [3.63, 3.8) is 0 Å². The second-order valence-corrected chi connectivity index (χ2v) is 8.12. The number of hydrogen-bond donors (Lipinski definition) is 2. The zero-order valence-electron chi connectivity index (χ0n) is 18.1. The van der Waals surface area contributed by atoms with Crippen LogP contribution in [0.4, 0.5) is 13.2 Å². The van der Waals surface area contributed by atoms with Crippen molar-refractivity contribution < 1.29 is 22.6 Å². The van der Waals surface area contributed by atoms with Gasteiger partial charge in [0.2, 0.25) is 0 Å². The molecule has 2 aliphatic rings. The van der Waals surface area contributed by atoms with Gasteiger partial charge in [-0.1, -0.05) is 12.1 Å². The predicted molar refractivity (Wildman–Crippen MR) is 114 cm³/mol. The van der Waals surface area contributed by atoms with Gasteiger partial charge < -0.3 is 20.1 Å². The van der Waals surface area contributed by atoms with Gasteiger partial charge in [-0.3, -0.25) is 9.89 Å². The SMILES string of the molecule is CN=C(NCCCOCC1CCCO1)NC1CCN(Cc2ccc(C(F)(F)F)cc2)C1. The zero-order chi connectivity index (χ0) is 22.1. The fourth-order valence-corrected chi connectivity index (χ4v) is 3.91. The molecule has 2 aliphatic heterocycles. The third kappa shape index (κ3) is 7.97. The van der Waals surface area contributed by atoms with E-state index in [2.05, 4.69) is 20.5 Å². The molecule has 2 fully saturated rings. The third-order valence-electron chi connectivity index (χ3n) is 5.61. The molecule has 2 atom stereocenters. The molecular weight excluding hydrogens is 409 g/mol. The van der Waals surface area contributed by atoms with Gasteiger partial charge in [0.25, 0.3) is 0 Å². The minimum Gasteiger partial charge on any atom is -0.379 e. The van der Waals surface area contributed by atoms with Crippen LogP contribution in [0.15, 0.2) is 29.3 Å².